The van der Waals surface area contributed by atoms with E-state index in [1.165, 1.54) is 89.0 Å². The monoisotopic (exact) mass is 785 g/mol. The van der Waals surface area contributed by atoms with Crippen molar-refractivity contribution in [2.75, 3.05) is 6.61 Å². The third-order valence-electron chi connectivity index (χ3n) is 16.2. The molecule has 56 heavy (non-hydrogen) atoms. The lowest BCUT2D eigenvalue weighted by Gasteiger charge is -2.58. The Balaban J connectivity index is 1.06. The number of aliphatic hydroxyl groups excluding tert-OH is 3. The molecule has 3 saturated carbocycles. The summed E-state index contributed by atoms with van der Waals surface area (Å²) in [5.41, 5.74) is 2.05. The minimum atomic E-state index is -1.44. The number of fused-ring (bicyclic) bond motifs is 5. The fourth-order valence-electron chi connectivity index (χ4n) is 12.1. The Labute approximate surface area is 342 Å². The number of aliphatic hydroxyl groups is 3. The van der Waals surface area contributed by atoms with Gasteiger partial charge in [0, 0.05) is 6.42 Å². The van der Waals surface area contributed by atoms with Gasteiger partial charge in [-0.1, -0.05) is 143 Å². The van der Waals surface area contributed by atoms with Gasteiger partial charge in [0.15, 0.2) is 6.29 Å². The van der Waals surface area contributed by atoms with Crippen molar-refractivity contribution in [1.82, 2.24) is 0 Å². The second-order valence-electron chi connectivity index (χ2n) is 20.2. The van der Waals surface area contributed by atoms with Crippen LogP contribution in [0.2, 0.25) is 0 Å². The fraction of sp³-hybridized carbons (Fsp3) is 0.898. The summed E-state index contributed by atoms with van der Waals surface area (Å²) in [6.45, 7) is 16.7. The Morgan fingerprint density at radius 3 is 2.14 bits per heavy atom. The molecule has 0 radical (unpaired) electrons. The first-order valence-corrected chi connectivity index (χ1v) is 23.7. The smallest absolute Gasteiger partial charge is 0.305 e. The summed E-state index contributed by atoms with van der Waals surface area (Å²) in [4.78, 5) is 12.6. The van der Waals surface area contributed by atoms with Crippen LogP contribution in [0.5, 0.6) is 0 Å². The van der Waals surface area contributed by atoms with Crippen LogP contribution in [0.4, 0.5) is 0 Å². The van der Waals surface area contributed by atoms with Gasteiger partial charge in [0.2, 0.25) is 0 Å². The number of ether oxygens (including phenoxy) is 3. The summed E-state index contributed by atoms with van der Waals surface area (Å²) in [6.07, 6.45) is 25.4. The number of carbonyl (C=O) groups is 1. The molecule has 0 amide bonds. The number of hydrogen-bond acceptors (Lipinski definition) is 7. The molecule has 1 heterocycles. The Kier molecular flexibility index (Phi) is 17.4. The third-order valence-corrected chi connectivity index (χ3v) is 16.2. The van der Waals surface area contributed by atoms with Crippen molar-refractivity contribution >= 4 is 5.97 Å². The maximum absolute atomic E-state index is 12.6. The van der Waals surface area contributed by atoms with Gasteiger partial charge in [-0.15, -0.1) is 0 Å². The van der Waals surface area contributed by atoms with Crippen LogP contribution in [-0.4, -0.2) is 64.7 Å². The number of esters is 1. The molecule has 5 aliphatic rings. The second-order valence-corrected chi connectivity index (χ2v) is 20.2. The van der Waals surface area contributed by atoms with Crippen LogP contribution < -0.4 is 0 Å². The van der Waals surface area contributed by atoms with E-state index in [9.17, 15) is 20.1 Å². The molecule has 0 aromatic heterocycles. The molecule has 14 unspecified atom stereocenters. The van der Waals surface area contributed by atoms with E-state index in [4.69, 9.17) is 14.2 Å². The van der Waals surface area contributed by atoms with Gasteiger partial charge < -0.3 is 29.5 Å². The van der Waals surface area contributed by atoms with Gasteiger partial charge in [0.1, 0.15) is 31.0 Å². The molecule has 0 bridgehead atoms. The number of hydrogen-bond donors (Lipinski definition) is 3. The normalized spacial score (nSPS) is 38.2. The largest absolute Gasteiger partial charge is 0.463 e. The van der Waals surface area contributed by atoms with Gasteiger partial charge in [0.05, 0.1) is 6.10 Å². The Hall–Kier alpha value is -1.25. The van der Waals surface area contributed by atoms with Gasteiger partial charge in [-0.05, 0) is 110 Å². The first kappa shape index (κ1) is 45.8. The fourth-order valence-corrected chi connectivity index (χ4v) is 12.1. The van der Waals surface area contributed by atoms with Crippen LogP contribution in [0.1, 0.15) is 183 Å². The lowest BCUT2D eigenvalue weighted by molar-refractivity contribution is -0.313. The highest BCUT2D eigenvalue weighted by Crippen LogP contribution is 2.67. The summed E-state index contributed by atoms with van der Waals surface area (Å²) in [7, 11) is 0. The van der Waals surface area contributed by atoms with Crippen LogP contribution in [-0.2, 0) is 19.0 Å². The maximum Gasteiger partial charge on any atom is 0.305 e. The van der Waals surface area contributed by atoms with Gasteiger partial charge in [-0.3, -0.25) is 4.79 Å². The Bertz CT molecular complexity index is 1260. The van der Waals surface area contributed by atoms with E-state index >= 15 is 0 Å². The van der Waals surface area contributed by atoms with Crippen molar-refractivity contribution in [3.8, 4) is 0 Å². The molecule has 0 aromatic carbocycles. The van der Waals surface area contributed by atoms with E-state index in [2.05, 4.69) is 66.7 Å². The summed E-state index contributed by atoms with van der Waals surface area (Å²) in [5, 5.41) is 32.4. The summed E-state index contributed by atoms with van der Waals surface area (Å²) in [6, 6.07) is 0. The predicted octanol–water partition coefficient (Wildman–Crippen LogP) is 10.9. The number of unbranched alkanes of at least 4 members (excludes halogenated alkanes) is 11. The molecule has 4 aliphatic carbocycles. The summed E-state index contributed by atoms with van der Waals surface area (Å²) < 4.78 is 18.0. The number of carbonyl (C=O) groups excluding carboxylic acids is 1. The van der Waals surface area contributed by atoms with Crippen LogP contribution >= 0.6 is 0 Å². The van der Waals surface area contributed by atoms with E-state index < -0.39 is 30.7 Å². The average Bonchev–Trinajstić information content (AvgIpc) is 3.54. The van der Waals surface area contributed by atoms with Gasteiger partial charge in [0.25, 0.3) is 0 Å². The summed E-state index contributed by atoms with van der Waals surface area (Å²) in [5.74, 6) is 4.56. The van der Waals surface area contributed by atoms with Crippen molar-refractivity contribution in [3.63, 3.8) is 0 Å². The Morgan fingerprint density at radius 1 is 0.821 bits per heavy atom. The van der Waals surface area contributed by atoms with Crippen LogP contribution in [0.25, 0.3) is 0 Å². The zero-order valence-electron chi connectivity index (χ0n) is 36.8. The Morgan fingerprint density at radius 2 is 1.48 bits per heavy atom. The molecule has 14 atom stereocenters. The molecular formula is C49H84O7. The molecule has 1 saturated heterocycles. The average molecular weight is 785 g/mol. The molecule has 322 valence electrons. The molecule has 0 spiro atoms. The topological polar surface area (TPSA) is 105 Å². The van der Waals surface area contributed by atoms with Crippen molar-refractivity contribution < 1.29 is 34.3 Å². The molecule has 5 rings (SSSR count). The highest BCUT2D eigenvalue weighted by atomic mass is 16.7. The van der Waals surface area contributed by atoms with Crippen LogP contribution in [0, 0.1) is 52.3 Å². The minimum absolute atomic E-state index is 0.146. The van der Waals surface area contributed by atoms with E-state index in [1.807, 2.05) is 0 Å². The third kappa shape index (κ3) is 11.1. The highest BCUT2D eigenvalue weighted by Gasteiger charge is 2.59. The minimum Gasteiger partial charge on any atom is -0.463 e. The zero-order chi connectivity index (χ0) is 40.5. The van der Waals surface area contributed by atoms with Gasteiger partial charge in [-0.25, -0.2) is 0 Å². The molecule has 7 nitrogen and oxygen atoms in total. The first-order chi connectivity index (χ1) is 26.8. The van der Waals surface area contributed by atoms with E-state index in [1.54, 1.807) is 0 Å². The molecule has 1 aliphatic heterocycles. The van der Waals surface area contributed by atoms with Crippen molar-refractivity contribution in [2.45, 2.75) is 220 Å². The number of rotatable bonds is 21. The first-order valence-electron chi connectivity index (χ1n) is 23.7. The van der Waals surface area contributed by atoms with Crippen LogP contribution in [0.15, 0.2) is 23.8 Å². The standard InChI is InChI=1S/C49H84O7/c1-8-9-10-11-12-13-14-15-16-17-18-19-20-43(50)54-32-42-44(51)45(52)46(53)47(56-42)55-37-27-29-48(6)36(31-37)23-24-38-40-26-25-39(49(40,7)30-28-41(38)48)35(5)22-21-34(4)33(2)3/h21-23,33-35,37-42,44-47,51-53H,8-20,24-32H2,1-7H3/b22-21+. The molecule has 0 aromatic rings. The molecule has 4 fully saturated rings. The molecule has 7 heteroatoms. The predicted molar refractivity (Wildman–Crippen MR) is 226 cm³/mol. The zero-order valence-corrected chi connectivity index (χ0v) is 36.8. The van der Waals surface area contributed by atoms with E-state index in [0.29, 0.717) is 35.5 Å². The van der Waals surface area contributed by atoms with Crippen LogP contribution in [0.3, 0.4) is 0 Å². The van der Waals surface area contributed by atoms with E-state index in [-0.39, 0.29) is 24.1 Å². The highest BCUT2D eigenvalue weighted by molar-refractivity contribution is 5.69. The lowest BCUT2D eigenvalue weighted by atomic mass is 9.47. The SMILES string of the molecule is CCCCCCCCCCCCCCC(=O)OCC1OC(OC2CCC3(C)C(=CCC4C3CCC3(C)C(C(C)/C=C/C(C)C(C)C)CCC43)C2)C(O)C(O)C1O. The van der Waals surface area contributed by atoms with E-state index in [0.717, 1.165) is 62.7 Å². The molecule has 3 N–H and O–H groups in total. The maximum atomic E-state index is 12.6. The summed E-state index contributed by atoms with van der Waals surface area (Å²) >= 11 is 0. The van der Waals surface area contributed by atoms with Gasteiger partial charge in [-0.2, -0.15) is 0 Å². The molecular weight excluding hydrogens is 701 g/mol. The van der Waals surface area contributed by atoms with Crippen molar-refractivity contribution in [3.05, 3.63) is 23.8 Å². The van der Waals surface area contributed by atoms with Gasteiger partial charge >= 0.3 is 5.97 Å². The van der Waals surface area contributed by atoms with Crippen molar-refractivity contribution in [1.29, 1.82) is 0 Å². The van der Waals surface area contributed by atoms with Crippen molar-refractivity contribution in [2.24, 2.45) is 52.3 Å². The second kappa shape index (κ2) is 21.3. The quantitative estimate of drug-likeness (QED) is 0.0605. The number of allylic oxidation sites excluding steroid dienone is 3. The lowest BCUT2D eigenvalue weighted by Crippen LogP contribution is -2.60.